The molecule has 1 aromatic carbocycles. The summed E-state index contributed by atoms with van der Waals surface area (Å²) < 4.78 is 0. The first kappa shape index (κ1) is 6.73. The van der Waals surface area contributed by atoms with Crippen LogP contribution < -0.4 is 0 Å². The third-order valence-corrected chi connectivity index (χ3v) is 0.607. The molecule has 0 saturated heterocycles. The molecular weight excluding hydrogens is 131 g/mol. The summed E-state index contributed by atoms with van der Waals surface area (Å²) in [7, 11) is 0. The van der Waals surface area contributed by atoms with Gasteiger partial charge in [-0.1, -0.05) is 30.3 Å². The molecule has 2 radical (unpaired) electrons. The number of hydrogen-bond donors (Lipinski definition) is 0. The molecule has 0 spiro atoms. The summed E-state index contributed by atoms with van der Waals surface area (Å²) >= 11 is 0. The van der Waals surface area contributed by atoms with E-state index in [-0.39, 0.29) is 16.8 Å². The van der Waals surface area contributed by atoms with Gasteiger partial charge in [0.15, 0.2) is 0 Å². The van der Waals surface area contributed by atoms with E-state index >= 15 is 0 Å². The van der Waals surface area contributed by atoms with Crippen LogP contribution >= 0.6 is 0 Å². The minimum Gasteiger partial charge on any atom is -0.0622 e. The van der Waals surface area contributed by atoms with Crippen molar-refractivity contribution in [1.82, 2.24) is 0 Å². The Morgan fingerprint density at radius 2 is 1.43 bits per heavy atom. The summed E-state index contributed by atoms with van der Waals surface area (Å²) in [4.78, 5) is 0. The van der Waals surface area contributed by atoms with Crippen LogP contribution in [0.5, 0.6) is 0 Å². The van der Waals surface area contributed by atoms with Gasteiger partial charge in [-0.2, -0.15) is 0 Å². The third-order valence-electron chi connectivity index (χ3n) is 0.607. The molecule has 0 unspecified atom stereocenters. The number of hydrogen-bond acceptors (Lipinski definition) is 0. The van der Waals surface area contributed by atoms with E-state index in [1.165, 1.54) is 0 Å². The first-order chi connectivity index (χ1) is 3.00. The zero-order valence-corrected chi connectivity index (χ0v) is 4.76. The Morgan fingerprint density at radius 1 is 0.857 bits per heavy atom. The van der Waals surface area contributed by atoms with Gasteiger partial charge in [0.1, 0.15) is 0 Å². The van der Waals surface area contributed by atoms with Crippen molar-refractivity contribution < 1.29 is 16.8 Å². The van der Waals surface area contributed by atoms with Gasteiger partial charge in [-0.25, -0.2) is 0 Å². The fraction of sp³-hybridized carbons (Fsp3) is 0. The van der Waals surface area contributed by atoms with Crippen molar-refractivity contribution in [3.63, 3.8) is 0 Å². The summed E-state index contributed by atoms with van der Waals surface area (Å²) in [6.07, 6.45) is 0. The summed E-state index contributed by atoms with van der Waals surface area (Å²) in [5, 5.41) is 0. The smallest absolute Gasteiger partial charge is 0 e. The number of benzene rings is 1. The largest absolute Gasteiger partial charge is 0.0622 e. The molecule has 0 aliphatic carbocycles. The Morgan fingerprint density at radius 3 is 1.57 bits per heavy atom. The van der Waals surface area contributed by atoms with Gasteiger partial charge >= 0.3 is 0 Å². The normalized spacial score (nSPS) is 6.86. The van der Waals surface area contributed by atoms with E-state index in [0.717, 1.165) is 0 Å². The Kier molecular flexibility index (Phi) is 3.75. The van der Waals surface area contributed by atoms with E-state index in [0.29, 0.717) is 0 Å². The zero-order valence-electron chi connectivity index (χ0n) is 3.72. The van der Waals surface area contributed by atoms with Gasteiger partial charge in [-0.3, -0.25) is 0 Å². The van der Waals surface area contributed by atoms with Crippen LogP contribution in [-0.4, -0.2) is 0 Å². The molecule has 1 rings (SSSR count). The van der Waals surface area contributed by atoms with Crippen molar-refractivity contribution in [3.05, 3.63) is 36.4 Å². The first-order valence-corrected chi connectivity index (χ1v) is 1.91. The molecule has 0 nitrogen and oxygen atoms in total. The van der Waals surface area contributed by atoms with Crippen LogP contribution in [0.25, 0.3) is 0 Å². The maximum absolute atomic E-state index is 2.89. The van der Waals surface area contributed by atoms with E-state index in [2.05, 4.69) is 6.07 Å². The van der Waals surface area contributed by atoms with E-state index in [9.17, 15) is 0 Å². The average Bonchev–Trinajstić information content (AvgIpc) is 1.72. The minimum atomic E-state index is 0. The number of rotatable bonds is 0. The quantitative estimate of drug-likeness (QED) is 0.506. The summed E-state index contributed by atoms with van der Waals surface area (Å²) in [5.41, 5.74) is 0. The molecule has 7 heavy (non-hydrogen) atoms. The Balaban J connectivity index is 0.000000360. The van der Waals surface area contributed by atoms with Crippen LogP contribution in [0.3, 0.4) is 0 Å². The Labute approximate surface area is 53.8 Å². The maximum atomic E-state index is 2.89. The third kappa shape index (κ3) is 2.43. The van der Waals surface area contributed by atoms with Crippen LogP contribution in [0.15, 0.2) is 30.3 Å². The van der Waals surface area contributed by atoms with Gasteiger partial charge < -0.3 is 0 Å². The molecule has 1 heteroatoms. The van der Waals surface area contributed by atoms with Crippen LogP contribution in [0.2, 0.25) is 0 Å². The topological polar surface area (TPSA) is 0 Å². The van der Waals surface area contributed by atoms with Crippen LogP contribution in [0.1, 0.15) is 0 Å². The Bertz CT molecular complexity index is 76.1. The minimum absolute atomic E-state index is 0. The van der Waals surface area contributed by atoms with Gasteiger partial charge in [0.2, 0.25) is 0 Å². The molecule has 0 fully saturated rings. The van der Waals surface area contributed by atoms with Crippen molar-refractivity contribution in [2.45, 2.75) is 0 Å². The van der Waals surface area contributed by atoms with Crippen LogP contribution in [-0.2, 0) is 16.8 Å². The molecule has 38 valence electrons. The standard InChI is InChI=1S/C6H5.Co/c1-2-4-6-5-3-1;/h1-5H;. The monoisotopic (exact) mass is 136 g/mol. The Hall–Kier alpha value is -0.274. The van der Waals surface area contributed by atoms with Crippen molar-refractivity contribution >= 4 is 0 Å². The molecule has 0 aromatic heterocycles. The van der Waals surface area contributed by atoms with E-state index < -0.39 is 0 Å². The molecule has 0 aliphatic rings. The van der Waals surface area contributed by atoms with Gasteiger partial charge in [-0.15, -0.1) is 0 Å². The molecule has 0 aliphatic heterocycles. The van der Waals surface area contributed by atoms with E-state index in [1.807, 2.05) is 30.3 Å². The molecule has 0 N–H and O–H groups in total. The molecule has 0 saturated carbocycles. The van der Waals surface area contributed by atoms with Crippen molar-refractivity contribution in [2.24, 2.45) is 0 Å². The van der Waals surface area contributed by atoms with Gasteiger partial charge in [0.25, 0.3) is 0 Å². The van der Waals surface area contributed by atoms with Crippen molar-refractivity contribution in [1.29, 1.82) is 0 Å². The second kappa shape index (κ2) is 3.90. The second-order valence-electron chi connectivity index (χ2n) is 1.08. The zero-order chi connectivity index (χ0) is 4.24. The molecule has 1 aromatic rings. The molecule has 0 bridgehead atoms. The predicted molar refractivity (Wildman–Crippen MR) is 25.3 cm³/mol. The van der Waals surface area contributed by atoms with E-state index in [4.69, 9.17) is 0 Å². The van der Waals surface area contributed by atoms with Gasteiger partial charge in [0.05, 0.1) is 0 Å². The van der Waals surface area contributed by atoms with Crippen LogP contribution in [0, 0.1) is 6.07 Å². The predicted octanol–water partition coefficient (Wildman–Crippen LogP) is 1.48. The summed E-state index contributed by atoms with van der Waals surface area (Å²) in [6, 6.07) is 12.5. The van der Waals surface area contributed by atoms with E-state index in [1.54, 1.807) is 0 Å². The second-order valence-corrected chi connectivity index (χ2v) is 1.08. The fourth-order valence-corrected chi connectivity index (χ4v) is 0.342. The molecule has 0 atom stereocenters. The average molecular weight is 136 g/mol. The fourth-order valence-electron chi connectivity index (χ4n) is 0.342. The molecule has 0 amide bonds. The maximum Gasteiger partial charge on any atom is 0 e. The molecular formula is C6H5Co. The van der Waals surface area contributed by atoms with Crippen LogP contribution in [0.4, 0.5) is 0 Å². The van der Waals surface area contributed by atoms with Gasteiger partial charge in [0, 0.05) is 16.8 Å². The summed E-state index contributed by atoms with van der Waals surface area (Å²) in [6.45, 7) is 0. The van der Waals surface area contributed by atoms with Crippen molar-refractivity contribution in [3.8, 4) is 0 Å². The first-order valence-electron chi connectivity index (χ1n) is 1.91. The van der Waals surface area contributed by atoms with Crippen molar-refractivity contribution in [2.75, 3.05) is 0 Å². The SMILES string of the molecule is [Co].[c]1ccccc1. The molecule has 0 heterocycles. The van der Waals surface area contributed by atoms with Gasteiger partial charge in [-0.05, 0) is 6.07 Å². The summed E-state index contributed by atoms with van der Waals surface area (Å²) in [5.74, 6) is 0.